The number of carbonyl (C=O) groups is 6. The number of morpholine rings is 2. The fraction of sp³-hybridized carbons (Fsp3) is 0.250. The number of alkyl halides is 6. The SMILES string of the molecule is CN=P.NNC(=O)c1ncc(C(F)(F)F)cc1N1CCOCC1.O=C(NNC(=O)c1ncc(C(F)(F)F)cc1N1CCOCC1)N[C@H]1N=C(c2ccccc2)c2ccccc2CC1=O.O=C1Cc2ccccc2C(c2ccccc2)=N[C@@H]1NC(=O)n1ccnc1. The Morgan fingerprint density at radius 3 is 1.46 bits per heavy atom. The molecule has 7 heterocycles. The van der Waals surface area contributed by atoms with Crippen molar-refractivity contribution in [3.8, 4) is 0 Å². The molecule has 7 aromatic rings. The number of rotatable bonds is 8. The van der Waals surface area contributed by atoms with E-state index in [2.05, 4.69) is 60.2 Å². The number of ketones is 2. The van der Waals surface area contributed by atoms with Crippen LogP contribution in [0.5, 0.6) is 0 Å². The van der Waals surface area contributed by atoms with Crippen molar-refractivity contribution in [3.05, 3.63) is 208 Å². The van der Waals surface area contributed by atoms with Crippen molar-refractivity contribution in [3.63, 3.8) is 0 Å². The quantitative estimate of drug-likeness (QED) is 0.0301. The van der Waals surface area contributed by atoms with Crippen molar-refractivity contribution >= 4 is 67.3 Å². The minimum atomic E-state index is -4.66. The molecule has 4 aromatic carbocycles. The highest BCUT2D eigenvalue weighted by atomic mass is 31.0. The minimum Gasteiger partial charge on any atom is -0.378 e. The molecule has 0 saturated carbocycles. The predicted octanol–water partition coefficient (Wildman–Crippen LogP) is 6.78. The number of hydrogen-bond acceptors (Lipinski definition) is 17. The maximum atomic E-state index is 13.3. The number of halogens is 6. The number of imidazole rings is 1. The molecule has 2 atom stereocenters. The number of anilines is 2. The summed E-state index contributed by atoms with van der Waals surface area (Å²) < 4.78 is 93.2. The van der Waals surface area contributed by atoms with Gasteiger partial charge in [0.2, 0.25) is 0 Å². The molecule has 0 unspecified atom stereocenters. The minimum absolute atomic E-state index is 0.0195. The molecule has 2 saturated heterocycles. The van der Waals surface area contributed by atoms with Crippen LogP contribution in [0.3, 0.4) is 0 Å². The number of urea groups is 1. The molecule has 30 heteroatoms. The Hall–Kier alpha value is -10.1. The average Bonchev–Trinajstić information content (AvgIpc) is 1.53. The van der Waals surface area contributed by atoms with E-state index in [0.717, 1.165) is 45.5 Å². The van der Waals surface area contributed by atoms with E-state index in [0.29, 0.717) is 50.1 Å². The average molecular weight is 1260 g/mol. The highest BCUT2D eigenvalue weighted by Crippen LogP contribution is 2.34. The number of amides is 5. The Morgan fingerprint density at radius 2 is 1.03 bits per heavy atom. The lowest BCUT2D eigenvalue weighted by Crippen LogP contribution is -2.52. The van der Waals surface area contributed by atoms with Crippen molar-refractivity contribution in [2.45, 2.75) is 37.5 Å². The topological polar surface area (TPSA) is 294 Å². The normalized spacial score (nSPS) is 16.3. The molecule has 0 aliphatic carbocycles. The number of benzene rings is 4. The smallest absolute Gasteiger partial charge is 0.378 e. The van der Waals surface area contributed by atoms with Crippen LogP contribution in [0.4, 0.5) is 47.3 Å². The van der Waals surface area contributed by atoms with Crippen molar-refractivity contribution < 1.29 is 64.6 Å². The number of nitrogens with zero attached hydrogens (tertiary/aromatic N) is 9. The second kappa shape index (κ2) is 30.7. The molecule has 7 N–H and O–H groups in total. The van der Waals surface area contributed by atoms with Crippen molar-refractivity contribution in [2.24, 2.45) is 20.6 Å². The van der Waals surface area contributed by atoms with Crippen molar-refractivity contribution in [2.75, 3.05) is 69.5 Å². The van der Waals surface area contributed by atoms with Crippen LogP contribution in [0.25, 0.3) is 0 Å². The van der Waals surface area contributed by atoms with Gasteiger partial charge in [-0.05, 0) is 32.3 Å². The van der Waals surface area contributed by atoms with Crippen LogP contribution in [-0.2, 0) is 44.3 Å². The maximum Gasteiger partial charge on any atom is 0.417 e. The zero-order valence-corrected chi connectivity index (χ0v) is 48.8. The molecule has 23 nitrogen and oxygen atoms in total. The fourth-order valence-corrected chi connectivity index (χ4v) is 9.43. The van der Waals surface area contributed by atoms with Crippen LogP contribution in [-0.4, -0.2) is 138 Å². The zero-order chi connectivity index (χ0) is 64.4. The summed E-state index contributed by atoms with van der Waals surface area (Å²) in [6.07, 6.45) is -5.58. The van der Waals surface area contributed by atoms with Gasteiger partial charge in [0.15, 0.2) is 35.3 Å². The Labute approximate surface area is 512 Å². The number of aliphatic imine (C=N–C) groups is 2. The zero-order valence-electron chi connectivity index (χ0n) is 47.8. The molecule has 11 rings (SSSR count). The van der Waals surface area contributed by atoms with Gasteiger partial charge in [0.25, 0.3) is 11.8 Å². The molecule has 2 fully saturated rings. The van der Waals surface area contributed by atoms with Crippen LogP contribution < -0.4 is 42.6 Å². The van der Waals surface area contributed by atoms with Crippen molar-refractivity contribution in [1.82, 2.24) is 46.4 Å². The van der Waals surface area contributed by atoms with Crippen molar-refractivity contribution in [1.29, 1.82) is 0 Å². The molecule has 90 heavy (non-hydrogen) atoms. The summed E-state index contributed by atoms with van der Waals surface area (Å²) in [6.45, 7) is 2.56. The first kappa shape index (κ1) is 65.9. The number of hydrazine groups is 2. The third kappa shape index (κ3) is 17.2. The molecule has 4 aliphatic heterocycles. The van der Waals surface area contributed by atoms with Gasteiger partial charge in [-0.2, -0.15) is 26.3 Å². The lowest BCUT2D eigenvalue weighted by atomic mass is 9.96. The summed E-state index contributed by atoms with van der Waals surface area (Å²) in [5.74, 6) is 2.82. The second-order valence-electron chi connectivity index (χ2n) is 19.6. The predicted molar refractivity (Wildman–Crippen MR) is 320 cm³/mol. The van der Waals surface area contributed by atoms with Gasteiger partial charge in [-0.1, -0.05) is 109 Å². The molecular weight excluding hydrogens is 1200 g/mol. The number of nitrogens with two attached hydrogens (primary N) is 1. The summed E-state index contributed by atoms with van der Waals surface area (Å²) >= 11 is 0. The maximum absolute atomic E-state index is 13.3. The third-order valence-corrected chi connectivity index (χ3v) is 13.7. The Morgan fingerprint density at radius 1 is 0.611 bits per heavy atom. The second-order valence-corrected chi connectivity index (χ2v) is 20.1. The van der Waals surface area contributed by atoms with Gasteiger partial charge < -0.3 is 29.9 Å². The van der Waals surface area contributed by atoms with E-state index < -0.39 is 59.7 Å². The monoisotopic (exact) mass is 1260 g/mol. The van der Waals surface area contributed by atoms with Gasteiger partial charge in [-0.25, -0.2) is 35.8 Å². The first-order valence-electron chi connectivity index (χ1n) is 27.5. The van der Waals surface area contributed by atoms with Gasteiger partial charge in [0.05, 0.1) is 60.4 Å². The lowest BCUT2D eigenvalue weighted by molar-refractivity contribution is -0.138. The summed E-state index contributed by atoms with van der Waals surface area (Å²) in [5, 5.41) is 5.15. The first-order valence-corrected chi connectivity index (χ1v) is 27.9. The number of hydrogen-bond donors (Lipinski definition) is 6. The van der Waals surface area contributed by atoms with Crippen LogP contribution in [0, 0.1) is 0 Å². The third-order valence-electron chi connectivity index (χ3n) is 13.7. The summed E-state index contributed by atoms with van der Waals surface area (Å²) in [5.41, 5.74) is 10.0. The number of aromatic nitrogens is 4. The number of pyridine rings is 2. The standard InChI is InChI=1S/C28H25F3N6O4.C20H16N4O2.C11H13F3N4O2.CH4NP/c29-28(30,31)19-15-21(37-10-12-41-13-11-37)24(32-16-19)26(39)35-36-27(40)34-25-22(38)14-18-8-4-5-9-20(18)23(33-25)17-6-2-1-3-7-17;25-17-12-15-8-4-5-9-16(15)18(14-6-2-1-3-7-14)22-19(17)23-20(26)24-11-10-21-13-24;12-11(13,14)7-5-8(18-1-3-20-4-2-18)9(16-6-7)10(19)17-15;1-2-3/h1-9,15-16,25H,10-14H2,(H,35,39)(H2,34,36,40);1-11,13,19H,12H2,(H,23,26);5-6H,1-4,15H2,(H,17,19);3H,1H3/t25-;19-;;/m11../s1. The highest BCUT2D eigenvalue weighted by Gasteiger charge is 2.36. The van der Waals surface area contributed by atoms with E-state index >= 15 is 0 Å². The fourth-order valence-electron chi connectivity index (χ4n) is 9.43. The van der Waals surface area contributed by atoms with Crippen LogP contribution in [0.1, 0.15) is 65.5 Å². The van der Waals surface area contributed by atoms with E-state index in [1.54, 1.807) is 16.8 Å². The summed E-state index contributed by atoms with van der Waals surface area (Å²) in [7, 11) is 4.47. The summed E-state index contributed by atoms with van der Waals surface area (Å²) in [4.78, 5) is 98.9. The van der Waals surface area contributed by atoms with Gasteiger partial charge in [-0.3, -0.25) is 49.3 Å². The van der Waals surface area contributed by atoms with E-state index in [1.807, 2.05) is 115 Å². The van der Waals surface area contributed by atoms with E-state index in [-0.39, 0.29) is 73.5 Å². The summed E-state index contributed by atoms with van der Waals surface area (Å²) in [6, 6.07) is 34.2. The van der Waals surface area contributed by atoms with E-state index in [4.69, 9.17) is 15.3 Å². The van der Waals surface area contributed by atoms with Gasteiger partial charge in [-0.15, -0.1) is 0 Å². The van der Waals surface area contributed by atoms with Crippen LogP contribution in [0.15, 0.2) is 167 Å². The Bertz CT molecular complexity index is 3760. The van der Waals surface area contributed by atoms with Gasteiger partial charge >= 0.3 is 24.4 Å². The number of nitrogen functional groups attached to an aromatic ring is 1. The molecule has 0 spiro atoms. The number of Topliss-reactive ketones (excluding diaryl/α,β-unsaturated/α-hetero) is 2. The lowest BCUT2D eigenvalue weighted by Gasteiger charge is -2.30. The molecule has 468 valence electrons. The Balaban J connectivity index is 0.000000183. The highest BCUT2D eigenvalue weighted by molar-refractivity contribution is 7.03. The number of nitrogens with one attached hydrogen (secondary N) is 5. The molecule has 0 radical (unpaired) electrons. The molecule has 3 aromatic heterocycles. The molecule has 4 aliphatic rings. The van der Waals surface area contributed by atoms with Gasteiger partial charge in [0.1, 0.15) is 6.33 Å². The largest absolute Gasteiger partial charge is 0.417 e. The molecular formula is C60H58F6N15O8P. The Kier molecular flexibility index (Phi) is 22.5. The number of fused-ring (bicyclic) bond motifs is 2. The molecule has 5 amide bonds. The van der Waals surface area contributed by atoms with E-state index in [1.165, 1.54) is 23.3 Å². The van der Waals surface area contributed by atoms with Crippen LogP contribution in [0.2, 0.25) is 0 Å². The number of carbonyl (C=O) groups excluding carboxylic acids is 6. The van der Waals surface area contributed by atoms with Crippen LogP contribution >= 0.6 is 9.03 Å². The van der Waals surface area contributed by atoms with E-state index in [9.17, 15) is 55.1 Å². The van der Waals surface area contributed by atoms with Gasteiger partial charge in [0, 0.05) is 93.1 Å². The number of ether oxygens (including phenoxy) is 2. The molecule has 0 bridgehead atoms. The first-order chi connectivity index (χ1) is 43.3.